The fraction of sp³-hybridized carbons (Fsp3) is 0.667. The van der Waals surface area contributed by atoms with Gasteiger partial charge in [0.05, 0.1) is 6.04 Å². The number of nitrogens with one attached hydrogen (secondary N) is 1. The summed E-state index contributed by atoms with van der Waals surface area (Å²) in [4.78, 5) is 14.9. The average molecular weight is 324 g/mol. The maximum atomic E-state index is 12.1. The summed E-state index contributed by atoms with van der Waals surface area (Å²) in [6.07, 6.45) is 10.2. The predicted molar refractivity (Wildman–Crippen MR) is 94.8 cm³/mol. The molecule has 1 aromatic carbocycles. The highest BCUT2D eigenvalue weighted by molar-refractivity contribution is 5.81. The van der Waals surface area contributed by atoms with E-state index in [0.29, 0.717) is 5.92 Å². The first kappa shape index (κ1) is 14.9. The van der Waals surface area contributed by atoms with E-state index >= 15 is 0 Å². The second-order valence-electron chi connectivity index (χ2n) is 8.43. The van der Waals surface area contributed by atoms with Crippen molar-refractivity contribution in [1.29, 1.82) is 0 Å². The fourth-order valence-corrected chi connectivity index (χ4v) is 6.26. The molecule has 2 saturated heterocycles. The molecule has 2 aliphatic heterocycles. The normalized spacial score (nSPS) is 32.6. The van der Waals surface area contributed by atoms with Gasteiger partial charge in [0.25, 0.3) is 0 Å². The molecule has 2 heterocycles. The summed E-state index contributed by atoms with van der Waals surface area (Å²) in [5, 5.41) is 3.27. The Morgan fingerprint density at radius 1 is 1.04 bits per heavy atom. The summed E-state index contributed by atoms with van der Waals surface area (Å²) in [7, 11) is 0. The summed E-state index contributed by atoms with van der Waals surface area (Å²) < 4.78 is 0. The Morgan fingerprint density at radius 2 is 1.79 bits per heavy atom. The Kier molecular flexibility index (Phi) is 3.48. The molecular weight excluding hydrogens is 296 g/mol. The summed E-state index contributed by atoms with van der Waals surface area (Å²) in [6, 6.07) is 10.0. The monoisotopic (exact) mass is 324 g/mol. The van der Waals surface area contributed by atoms with Gasteiger partial charge in [0.2, 0.25) is 5.91 Å². The second kappa shape index (κ2) is 5.59. The minimum absolute atomic E-state index is 0.242. The maximum absolute atomic E-state index is 12.1. The third-order valence-electron chi connectivity index (χ3n) is 7.45. The highest BCUT2D eigenvalue weighted by atomic mass is 16.2. The van der Waals surface area contributed by atoms with Crippen molar-refractivity contribution in [2.75, 3.05) is 13.1 Å². The van der Waals surface area contributed by atoms with Gasteiger partial charge in [-0.3, -0.25) is 4.79 Å². The molecule has 1 amide bonds. The van der Waals surface area contributed by atoms with Crippen molar-refractivity contribution in [2.45, 2.75) is 68.9 Å². The first-order valence-electron chi connectivity index (χ1n) is 9.91. The van der Waals surface area contributed by atoms with E-state index in [2.05, 4.69) is 34.5 Å². The molecule has 24 heavy (non-hydrogen) atoms. The Hall–Kier alpha value is -1.35. The van der Waals surface area contributed by atoms with E-state index in [1.54, 1.807) is 5.56 Å². The smallest absolute Gasteiger partial charge is 0.220 e. The van der Waals surface area contributed by atoms with Crippen LogP contribution in [0.15, 0.2) is 24.3 Å². The van der Waals surface area contributed by atoms with Crippen LogP contribution in [0.25, 0.3) is 0 Å². The number of carbonyl (C=O) groups excluding carboxylic acids is 1. The van der Waals surface area contributed by atoms with Gasteiger partial charge in [0.15, 0.2) is 0 Å². The van der Waals surface area contributed by atoms with Crippen LogP contribution in [0.4, 0.5) is 0 Å². The van der Waals surface area contributed by atoms with Crippen molar-refractivity contribution in [1.82, 2.24) is 10.2 Å². The van der Waals surface area contributed by atoms with Gasteiger partial charge in [-0.2, -0.15) is 0 Å². The highest BCUT2D eigenvalue weighted by Crippen LogP contribution is 2.58. The zero-order valence-corrected chi connectivity index (χ0v) is 14.5. The summed E-state index contributed by atoms with van der Waals surface area (Å²) in [5.74, 6) is 0.740. The summed E-state index contributed by atoms with van der Waals surface area (Å²) in [6.45, 7) is 2.44. The molecule has 128 valence electrons. The van der Waals surface area contributed by atoms with Gasteiger partial charge in [-0.15, -0.1) is 0 Å². The Bertz CT molecular complexity index is 641. The maximum Gasteiger partial charge on any atom is 0.220 e. The molecule has 0 bridgehead atoms. The van der Waals surface area contributed by atoms with Crippen molar-refractivity contribution in [3.63, 3.8) is 0 Å². The Balaban J connectivity index is 1.42. The van der Waals surface area contributed by atoms with E-state index in [9.17, 15) is 4.79 Å². The number of hydrogen-bond donors (Lipinski definition) is 1. The van der Waals surface area contributed by atoms with Crippen LogP contribution in [-0.4, -0.2) is 29.9 Å². The predicted octanol–water partition coefficient (Wildman–Crippen LogP) is 3.54. The van der Waals surface area contributed by atoms with E-state index in [-0.39, 0.29) is 17.4 Å². The summed E-state index contributed by atoms with van der Waals surface area (Å²) in [5.41, 5.74) is 3.19. The number of hydrogen-bond acceptors (Lipinski definition) is 2. The molecule has 3 fully saturated rings. The van der Waals surface area contributed by atoms with E-state index < -0.39 is 0 Å². The molecule has 1 N–H and O–H groups in total. The number of fused-ring (bicyclic) bond motifs is 5. The van der Waals surface area contributed by atoms with E-state index in [1.807, 2.05) is 0 Å². The minimum Gasteiger partial charge on any atom is -0.349 e. The van der Waals surface area contributed by atoms with Crippen LogP contribution >= 0.6 is 0 Å². The van der Waals surface area contributed by atoms with Crippen LogP contribution in [0.2, 0.25) is 0 Å². The molecule has 2 atom stereocenters. The lowest BCUT2D eigenvalue weighted by molar-refractivity contribution is -0.119. The number of rotatable bonds is 1. The molecule has 3 heteroatoms. The van der Waals surface area contributed by atoms with Crippen LogP contribution in [0.3, 0.4) is 0 Å². The Labute approximate surface area is 144 Å². The van der Waals surface area contributed by atoms with Crippen molar-refractivity contribution in [2.24, 2.45) is 5.92 Å². The Morgan fingerprint density at radius 3 is 2.58 bits per heavy atom. The van der Waals surface area contributed by atoms with Crippen LogP contribution in [0.5, 0.6) is 0 Å². The molecule has 4 aliphatic rings. The largest absolute Gasteiger partial charge is 0.349 e. The van der Waals surface area contributed by atoms with Crippen molar-refractivity contribution in [3.8, 4) is 0 Å². The SMILES string of the molecule is O=C1CC2[C@H](N1)c1ccccc1C21CCN(C2CCCCC2)CC1. The van der Waals surface area contributed by atoms with Gasteiger partial charge in [-0.25, -0.2) is 0 Å². The summed E-state index contributed by atoms with van der Waals surface area (Å²) >= 11 is 0. The standard InChI is InChI=1S/C21H28N2O/c24-19-14-18-20(22-19)16-8-4-5-9-17(16)21(18)10-12-23(13-11-21)15-6-2-1-3-7-15/h4-5,8-9,15,18,20H,1-3,6-7,10-14H2,(H,22,24)/t18?,20-/m1/s1. The van der Waals surface area contributed by atoms with Crippen molar-refractivity contribution < 1.29 is 4.79 Å². The number of nitrogens with zero attached hydrogens (tertiary/aromatic N) is 1. The molecule has 0 radical (unpaired) electrons. The first-order chi connectivity index (χ1) is 11.8. The average Bonchev–Trinajstić information content (AvgIpc) is 3.14. The van der Waals surface area contributed by atoms with Gasteiger partial charge < -0.3 is 10.2 Å². The molecule has 0 aromatic heterocycles. The molecule has 5 rings (SSSR count). The van der Waals surface area contributed by atoms with Crippen molar-refractivity contribution in [3.05, 3.63) is 35.4 Å². The number of piperidine rings is 1. The van der Waals surface area contributed by atoms with Crippen molar-refractivity contribution >= 4 is 5.91 Å². The molecule has 1 spiro atoms. The number of amides is 1. The van der Waals surface area contributed by atoms with Gasteiger partial charge in [0, 0.05) is 23.8 Å². The first-order valence-corrected chi connectivity index (χ1v) is 9.91. The van der Waals surface area contributed by atoms with Gasteiger partial charge in [-0.1, -0.05) is 43.5 Å². The van der Waals surface area contributed by atoms with E-state index in [0.717, 1.165) is 12.5 Å². The van der Waals surface area contributed by atoms with Gasteiger partial charge in [0.1, 0.15) is 0 Å². The number of likely N-dealkylation sites (tertiary alicyclic amines) is 1. The molecule has 3 nitrogen and oxygen atoms in total. The fourth-order valence-electron chi connectivity index (χ4n) is 6.26. The number of benzene rings is 1. The van der Waals surface area contributed by atoms with Crippen LogP contribution < -0.4 is 5.32 Å². The lowest BCUT2D eigenvalue weighted by Gasteiger charge is -2.46. The molecule has 1 aromatic rings. The molecule has 1 unspecified atom stereocenters. The zero-order valence-electron chi connectivity index (χ0n) is 14.5. The van der Waals surface area contributed by atoms with E-state index in [1.165, 1.54) is 63.6 Å². The van der Waals surface area contributed by atoms with Crippen LogP contribution in [0, 0.1) is 5.92 Å². The van der Waals surface area contributed by atoms with E-state index in [4.69, 9.17) is 0 Å². The third kappa shape index (κ3) is 2.10. The lowest BCUT2D eigenvalue weighted by atomic mass is 9.67. The van der Waals surface area contributed by atoms with Crippen LogP contribution in [0.1, 0.15) is 68.5 Å². The quantitative estimate of drug-likeness (QED) is 0.857. The van der Waals surface area contributed by atoms with Gasteiger partial charge >= 0.3 is 0 Å². The number of carbonyl (C=O) groups is 1. The molecule has 1 saturated carbocycles. The second-order valence-corrected chi connectivity index (χ2v) is 8.43. The molecule has 2 aliphatic carbocycles. The minimum atomic E-state index is 0.242. The molecular formula is C21H28N2O. The third-order valence-corrected chi connectivity index (χ3v) is 7.45. The highest BCUT2D eigenvalue weighted by Gasteiger charge is 2.56. The zero-order chi connectivity index (χ0) is 16.1. The van der Waals surface area contributed by atoms with Gasteiger partial charge in [-0.05, 0) is 49.9 Å². The lowest BCUT2D eigenvalue weighted by Crippen LogP contribution is -2.49. The van der Waals surface area contributed by atoms with Crippen LogP contribution in [-0.2, 0) is 10.2 Å². The topological polar surface area (TPSA) is 32.3 Å².